The number of aromatic nitrogens is 1. The molecule has 0 fully saturated rings. The maximum atomic E-state index is 12.4. The van der Waals surface area contributed by atoms with Gasteiger partial charge in [-0.3, -0.25) is 9.78 Å². The van der Waals surface area contributed by atoms with Gasteiger partial charge in [0, 0.05) is 42.3 Å². The van der Waals surface area contributed by atoms with Gasteiger partial charge in [0.15, 0.2) is 0 Å². The van der Waals surface area contributed by atoms with Gasteiger partial charge in [-0.1, -0.05) is 18.2 Å². The van der Waals surface area contributed by atoms with E-state index in [1.165, 1.54) is 0 Å². The first-order valence-corrected chi connectivity index (χ1v) is 9.09. The first kappa shape index (κ1) is 19.9. The summed E-state index contributed by atoms with van der Waals surface area (Å²) in [6.45, 7) is 0.762. The number of para-hydroxylation sites is 1. The first-order chi connectivity index (χ1) is 14.2. The number of urea groups is 1. The van der Waals surface area contributed by atoms with Crippen LogP contribution in [-0.4, -0.2) is 24.0 Å². The van der Waals surface area contributed by atoms with Gasteiger partial charge in [0.25, 0.3) is 5.91 Å². The molecule has 0 bridgehead atoms. The largest absolute Gasteiger partial charge is 0.496 e. The molecule has 0 aliphatic heterocycles. The number of ether oxygens (including phenoxy) is 1. The molecule has 0 spiro atoms. The molecule has 7 nitrogen and oxygen atoms in total. The Kier molecular flexibility index (Phi) is 6.78. The van der Waals surface area contributed by atoms with Crippen molar-refractivity contribution in [3.63, 3.8) is 0 Å². The lowest BCUT2D eigenvalue weighted by Gasteiger charge is -2.10. The number of carbonyl (C=O) groups excluding carboxylic acids is 2. The minimum atomic E-state index is -0.324. The van der Waals surface area contributed by atoms with Crippen LogP contribution in [0.4, 0.5) is 10.5 Å². The van der Waals surface area contributed by atoms with Gasteiger partial charge in [-0.25, -0.2) is 4.79 Å². The van der Waals surface area contributed by atoms with E-state index in [0.29, 0.717) is 24.3 Å². The summed E-state index contributed by atoms with van der Waals surface area (Å²) in [5.41, 5.74) is 2.95. The van der Waals surface area contributed by atoms with Crippen molar-refractivity contribution in [3.05, 3.63) is 89.7 Å². The number of nitrogens with zero attached hydrogens (tertiary/aromatic N) is 1. The highest BCUT2D eigenvalue weighted by Crippen LogP contribution is 2.17. The standard InChI is InChI=1S/C22H22N4O3/c1-29-20-5-3-2-4-18(20)15-24-21(27)17-6-8-19(9-7-17)26-22(28)25-14-16-10-12-23-13-11-16/h2-13H,14-15H2,1H3,(H,24,27)(H2,25,26,28). The number of hydrogen-bond acceptors (Lipinski definition) is 4. The predicted molar refractivity (Wildman–Crippen MR) is 111 cm³/mol. The molecule has 148 valence electrons. The topological polar surface area (TPSA) is 92.4 Å². The summed E-state index contributed by atoms with van der Waals surface area (Å²) in [5, 5.41) is 8.37. The Morgan fingerprint density at radius 3 is 2.34 bits per heavy atom. The van der Waals surface area contributed by atoms with Crippen LogP contribution in [0.1, 0.15) is 21.5 Å². The van der Waals surface area contributed by atoms with E-state index in [-0.39, 0.29) is 11.9 Å². The summed E-state index contributed by atoms with van der Waals surface area (Å²) in [4.78, 5) is 28.3. The van der Waals surface area contributed by atoms with Crippen molar-refractivity contribution in [3.8, 4) is 5.75 Å². The van der Waals surface area contributed by atoms with E-state index in [1.807, 2.05) is 36.4 Å². The van der Waals surface area contributed by atoms with Crippen LogP contribution >= 0.6 is 0 Å². The molecule has 0 unspecified atom stereocenters. The van der Waals surface area contributed by atoms with Crippen LogP contribution in [0.2, 0.25) is 0 Å². The Morgan fingerprint density at radius 2 is 1.62 bits per heavy atom. The van der Waals surface area contributed by atoms with E-state index < -0.39 is 0 Å². The number of benzene rings is 2. The van der Waals surface area contributed by atoms with Crippen LogP contribution in [0.3, 0.4) is 0 Å². The zero-order valence-electron chi connectivity index (χ0n) is 16.0. The van der Waals surface area contributed by atoms with Gasteiger partial charge in [-0.05, 0) is 48.0 Å². The van der Waals surface area contributed by atoms with E-state index in [9.17, 15) is 9.59 Å². The third kappa shape index (κ3) is 5.80. The molecule has 0 saturated carbocycles. The molecule has 3 aromatic rings. The first-order valence-electron chi connectivity index (χ1n) is 9.09. The molecular formula is C22H22N4O3. The second-order valence-electron chi connectivity index (χ2n) is 6.24. The third-order valence-electron chi connectivity index (χ3n) is 4.24. The molecule has 29 heavy (non-hydrogen) atoms. The predicted octanol–water partition coefficient (Wildman–Crippen LogP) is 3.34. The van der Waals surface area contributed by atoms with E-state index in [0.717, 1.165) is 16.9 Å². The molecule has 3 N–H and O–H groups in total. The van der Waals surface area contributed by atoms with E-state index in [2.05, 4.69) is 20.9 Å². The number of amides is 3. The van der Waals surface area contributed by atoms with Gasteiger partial charge >= 0.3 is 6.03 Å². The Bertz CT molecular complexity index is 959. The zero-order chi connectivity index (χ0) is 20.5. The number of rotatable bonds is 7. The second kappa shape index (κ2) is 9.89. The highest BCUT2D eigenvalue weighted by molar-refractivity contribution is 5.95. The minimum absolute atomic E-state index is 0.204. The van der Waals surface area contributed by atoms with Crippen LogP contribution in [0.15, 0.2) is 73.1 Å². The number of pyridine rings is 1. The smallest absolute Gasteiger partial charge is 0.319 e. The maximum absolute atomic E-state index is 12.4. The lowest BCUT2D eigenvalue weighted by atomic mass is 10.1. The fraction of sp³-hybridized carbons (Fsp3) is 0.136. The van der Waals surface area contributed by atoms with Crippen molar-refractivity contribution in [1.82, 2.24) is 15.6 Å². The van der Waals surface area contributed by atoms with Crippen molar-refractivity contribution in [2.45, 2.75) is 13.1 Å². The molecule has 0 aliphatic carbocycles. The van der Waals surface area contributed by atoms with Crippen molar-refractivity contribution < 1.29 is 14.3 Å². The molecule has 1 heterocycles. The van der Waals surface area contributed by atoms with E-state index in [1.54, 1.807) is 43.8 Å². The lowest BCUT2D eigenvalue weighted by Crippen LogP contribution is -2.28. The molecule has 0 aliphatic rings. The highest BCUT2D eigenvalue weighted by Gasteiger charge is 2.08. The number of methoxy groups -OCH3 is 1. The average Bonchev–Trinajstić information content (AvgIpc) is 2.77. The molecule has 2 aromatic carbocycles. The minimum Gasteiger partial charge on any atom is -0.496 e. The lowest BCUT2D eigenvalue weighted by molar-refractivity contribution is 0.0950. The summed E-state index contributed by atoms with van der Waals surface area (Å²) in [6, 6.07) is 17.6. The normalized spacial score (nSPS) is 10.1. The zero-order valence-corrected chi connectivity index (χ0v) is 16.0. The third-order valence-corrected chi connectivity index (χ3v) is 4.24. The summed E-state index contributed by atoms with van der Waals surface area (Å²) in [6.07, 6.45) is 3.35. The van der Waals surface area contributed by atoms with Crippen LogP contribution in [-0.2, 0) is 13.1 Å². The van der Waals surface area contributed by atoms with Crippen molar-refractivity contribution in [2.24, 2.45) is 0 Å². The molecular weight excluding hydrogens is 368 g/mol. The average molecular weight is 390 g/mol. The van der Waals surface area contributed by atoms with Gasteiger partial charge in [-0.2, -0.15) is 0 Å². The van der Waals surface area contributed by atoms with Crippen molar-refractivity contribution in [1.29, 1.82) is 0 Å². The van der Waals surface area contributed by atoms with Crippen molar-refractivity contribution >= 4 is 17.6 Å². The summed E-state index contributed by atoms with van der Waals surface area (Å²) in [7, 11) is 1.60. The molecule has 0 saturated heterocycles. The van der Waals surface area contributed by atoms with Crippen LogP contribution in [0, 0.1) is 0 Å². The SMILES string of the molecule is COc1ccccc1CNC(=O)c1ccc(NC(=O)NCc2ccncc2)cc1. The van der Waals surface area contributed by atoms with Gasteiger partial charge in [0.05, 0.1) is 7.11 Å². The van der Waals surface area contributed by atoms with Gasteiger partial charge < -0.3 is 20.7 Å². The van der Waals surface area contributed by atoms with Gasteiger partial charge in [0.2, 0.25) is 0 Å². The molecule has 7 heteroatoms. The van der Waals surface area contributed by atoms with E-state index in [4.69, 9.17) is 4.74 Å². The van der Waals surface area contributed by atoms with Crippen LogP contribution < -0.4 is 20.7 Å². The van der Waals surface area contributed by atoms with Gasteiger partial charge in [0.1, 0.15) is 5.75 Å². The Morgan fingerprint density at radius 1 is 0.897 bits per heavy atom. The fourth-order valence-corrected chi connectivity index (χ4v) is 2.69. The quantitative estimate of drug-likeness (QED) is 0.577. The Hall–Kier alpha value is -3.87. The molecule has 3 rings (SSSR count). The van der Waals surface area contributed by atoms with E-state index >= 15 is 0 Å². The molecule has 0 atom stereocenters. The van der Waals surface area contributed by atoms with Crippen molar-refractivity contribution in [2.75, 3.05) is 12.4 Å². The highest BCUT2D eigenvalue weighted by atomic mass is 16.5. The number of nitrogens with one attached hydrogen (secondary N) is 3. The summed E-state index contributed by atoms with van der Waals surface area (Å²) < 4.78 is 5.28. The van der Waals surface area contributed by atoms with Gasteiger partial charge in [-0.15, -0.1) is 0 Å². The molecule has 0 radical (unpaired) electrons. The fourth-order valence-electron chi connectivity index (χ4n) is 2.69. The molecule has 1 aromatic heterocycles. The summed E-state index contributed by atoms with van der Waals surface area (Å²) >= 11 is 0. The van der Waals surface area contributed by atoms with Crippen LogP contribution in [0.25, 0.3) is 0 Å². The molecule has 3 amide bonds. The monoisotopic (exact) mass is 390 g/mol. The number of anilines is 1. The maximum Gasteiger partial charge on any atom is 0.319 e. The summed E-state index contributed by atoms with van der Waals surface area (Å²) in [5.74, 6) is 0.523. The second-order valence-corrected chi connectivity index (χ2v) is 6.24. The Balaban J connectivity index is 1.50. The number of hydrogen-bond donors (Lipinski definition) is 3. The number of carbonyl (C=O) groups is 2. The van der Waals surface area contributed by atoms with Crippen LogP contribution in [0.5, 0.6) is 5.75 Å². The Labute approximate surface area is 169 Å².